The van der Waals surface area contributed by atoms with Gasteiger partial charge in [0, 0.05) is 29.1 Å². The number of anilines is 1. The van der Waals surface area contributed by atoms with Gasteiger partial charge in [0.2, 0.25) is 11.9 Å². The highest BCUT2D eigenvalue weighted by atomic mass is 16.1. The zero-order valence-electron chi connectivity index (χ0n) is 17.8. The number of nitrogens with zero attached hydrogens (tertiary/aromatic N) is 3. The van der Waals surface area contributed by atoms with Crippen LogP contribution in [0.25, 0.3) is 5.95 Å². The number of aromatic amines is 1. The Bertz CT molecular complexity index is 1140. The van der Waals surface area contributed by atoms with E-state index in [2.05, 4.69) is 20.4 Å². The van der Waals surface area contributed by atoms with E-state index in [-0.39, 0.29) is 11.5 Å². The molecule has 0 aliphatic heterocycles. The molecule has 2 aromatic heterocycles. The van der Waals surface area contributed by atoms with Gasteiger partial charge in [0.05, 0.1) is 5.69 Å². The lowest BCUT2D eigenvalue weighted by Gasteiger charge is -2.10. The van der Waals surface area contributed by atoms with Crippen molar-refractivity contribution in [1.29, 1.82) is 0 Å². The Hall–Kier alpha value is -3.22. The van der Waals surface area contributed by atoms with Gasteiger partial charge in [0.25, 0.3) is 5.56 Å². The third kappa shape index (κ3) is 4.13. The van der Waals surface area contributed by atoms with Crippen LogP contribution >= 0.6 is 0 Å². The molecule has 0 bridgehead atoms. The summed E-state index contributed by atoms with van der Waals surface area (Å²) >= 11 is 0. The summed E-state index contributed by atoms with van der Waals surface area (Å²) in [7, 11) is 0. The third-order valence-electron chi connectivity index (χ3n) is 5.50. The van der Waals surface area contributed by atoms with Crippen LogP contribution in [0, 0.1) is 41.5 Å². The van der Waals surface area contributed by atoms with Crippen LogP contribution in [0.15, 0.2) is 23.0 Å². The third-order valence-corrected chi connectivity index (χ3v) is 5.50. The van der Waals surface area contributed by atoms with E-state index in [1.165, 1.54) is 0 Å². The summed E-state index contributed by atoms with van der Waals surface area (Å²) in [6.07, 6.45) is 0.904. The van der Waals surface area contributed by atoms with Gasteiger partial charge in [0.1, 0.15) is 0 Å². The summed E-state index contributed by atoms with van der Waals surface area (Å²) in [5, 5.41) is 7.53. The zero-order valence-corrected chi connectivity index (χ0v) is 17.8. The van der Waals surface area contributed by atoms with E-state index in [0.29, 0.717) is 30.0 Å². The molecule has 0 saturated heterocycles. The number of H-pyrrole nitrogens is 1. The van der Waals surface area contributed by atoms with E-state index in [0.717, 1.165) is 33.8 Å². The lowest BCUT2D eigenvalue weighted by Crippen LogP contribution is -2.18. The zero-order chi connectivity index (χ0) is 21.3. The van der Waals surface area contributed by atoms with E-state index < -0.39 is 0 Å². The maximum Gasteiger partial charge on any atom is 0.255 e. The minimum Gasteiger partial charge on any atom is -0.326 e. The molecule has 29 heavy (non-hydrogen) atoms. The molecule has 2 N–H and O–H groups in total. The van der Waals surface area contributed by atoms with Crippen LogP contribution in [-0.4, -0.2) is 25.7 Å². The molecule has 0 radical (unpaired) electrons. The van der Waals surface area contributed by atoms with Crippen LogP contribution in [0.5, 0.6) is 0 Å². The van der Waals surface area contributed by atoms with Crippen LogP contribution in [0.3, 0.4) is 0 Å². The van der Waals surface area contributed by atoms with Gasteiger partial charge in [-0.1, -0.05) is 12.1 Å². The molecule has 3 rings (SSSR count). The summed E-state index contributed by atoms with van der Waals surface area (Å²) < 4.78 is 1.64. The summed E-state index contributed by atoms with van der Waals surface area (Å²) in [6, 6.07) is 5.88. The lowest BCUT2D eigenvalue weighted by atomic mass is 10.1. The van der Waals surface area contributed by atoms with Gasteiger partial charge in [0.15, 0.2) is 0 Å². The molecule has 0 spiro atoms. The fraction of sp³-hybridized carbons (Fsp3) is 0.364. The highest BCUT2D eigenvalue weighted by Crippen LogP contribution is 2.20. The smallest absolute Gasteiger partial charge is 0.255 e. The highest BCUT2D eigenvalue weighted by molar-refractivity contribution is 5.91. The van der Waals surface area contributed by atoms with Gasteiger partial charge >= 0.3 is 0 Å². The number of carbonyl (C=O) groups is 1. The molecule has 3 aromatic rings. The second-order valence-corrected chi connectivity index (χ2v) is 7.46. The number of aromatic nitrogens is 4. The molecule has 0 aliphatic rings. The molecular formula is C22H27N5O2. The van der Waals surface area contributed by atoms with Crippen LogP contribution in [-0.2, 0) is 11.2 Å². The minimum absolute atomic E-state index is 0.0389. The number of nitrogens with one attached hydrogen (secondary N) is 2. The van der Waals surface area contributed by atoms with Crippen LogP contribution in [0.4, 0.5) is 5.69 Å². The molecular weight excluding hydrogens is 366 g/mol. The number of carbonyl (C=O) groups excluding carboxylic acids is 1. The van der Waals surface area contributed by atoms with Gasteiger partial charge in [-0.2, -0.15) is 5.10 Å². The monoisotopic (exact) mass is 393 g/mol. The summed E-state index contributed by atoms with van der Waals surface area (Å²) in [5.74, 6) is 0.354. The van der Waals surface area contributed by atoms with E-state index in [9.17, 15) is 9.59 Å². The minimum atomic E-state index is -0.172. The van der Waals surface area contributed by atoms with Crippen molar-refractivity contribution < 1.29 is 4.79 Å². The van der Waals surface area contributed by atoms with E-state index in [1.807, 2.05) is 45.9 Å². The molecule has 152 valence electrons. The Morgan fingerprint density at radius 1 is 1.07 bits per heavy atom. The van der Waals surface area contributed by atoms with Gasteiger partial charge in [-0.25, -0.2) is 9.67 Å². The molecule has 7 nitrogen and oxygen atoms in total. The molecule has 0 aliphatic carbocycles. The van der Waals surface area contributed by atoms with Gasteiger partial charge in [-0.15, -0.1) is 0 Å². The SMILES string of the molecule is Cc1cccc(NC(=O)CCc2c(C)nn(-c3nc(C)c(C)c(=O)[nH]3)c2C)c1C. The number of aryl methyl sites for hydroxylation is 3. The molecule has 1 amide bonds. The normalized spacial score (nSPS) is 11.0. The van der Waals surface area contributed by atoms with Crippen molar-refractivity contribution in [1.82, 2.24) is 19.7 Å². The first-order valence-corrected chi connectivity index (χ1v) is 9.68. The molecule has 1 aromatic carbocycles. The molecule has 0 atom stereocenters. The van der Waals surface area contributed by atoms with Crippen molar-refractivity contribution >= 4 is 11.6 Å². The fourth-order valence-electron chi connectivity index (χ4n) is 3.31. The number of hydrogen-bond donors (Lipinski definition) is 2. The second-order valence-electron chi connectivity index (χ2n) is 7.46. The van der Waals surface area contributed by atoms with Crippen LogP contribution in [0.1, 0.15) is 45.8 Å². The first kappa shape index (κ1) is 20.5. The maximum absolute atomic E-state index is 12.5. The first-order chi connectivity index (χ1) is 13.7. The Labute approximate surface area is 170 Å². The predicted octanol–water partition coefficient (Wildman–Crippen LogP) is 3.38. The molecule has 0 saturated carbocycles. The molecule has 7 heteroatoms. The second kappa shape index (κ2) is 8.03. The number of amides is 1. The largest absolute Gasteiger partial charge is 0.326 e. The van der Waals surface area contributed by atoms with Crippen molar-refractivity contribution in [2.45, 2.75) is 54.4 Å². The van der Waals surface area contributed by atoms with Crippen LogP contribution < -0.4 is 10.9 Å². The molecule has 2 heterocycles. The van der Waals surface area contributed by atoms with Crippen molar-refractivity contribution in [3.63, 3.8) is 0 Å². The first-order valence-electron chi connectivity index (χ1n) is 9.68. The molecule has 0 fully saturated rings. The Morgan fingerprint density at radius 2 is 1.79 bits per heavy atom. The topological polar surface area (TPSA) is 92.7 Å². The Morgan fingerprint density at radius 3 is 2.48 bits per heavy atom. The number of rotatable bonds is 5. The maximum atomic E-state index is 12.5. The number of benzene rings is 1. The van der Waals surface area contributed by atoms with Crippen molar-refractivity contribution in [3.05, 3.63) is 67.9 Å². The highest BCUT2D eigenvalue weighted by Gasteiger charge is 2.17. The average Bonchev–Trinajstić information content (AvgIpc) is 2.95. The summed E-state index contributed by atoms with van der Waals surface area (Å²) in [4.78, 5) is 31.8. The van der Waals surface area contributed by atoms with Gasteiger partial charge in [-0.3, -0.25) is 14.6 Å². The van der Waals surface area contributed by atoms with Crippen LogP contribution in [0.2, 0.25) is 0 Å². The van der Waals surface area contributed by atoms with E-state index in [1.54, 1.807) is 18.5 Å². The van der Waals surface area contributed by atoms with Crippen molar-refractivity contribution in [3.8, 4) is 5.95 Å². The van der Waals surface area contributed by atoms with Gasteiger partial charge in [-0.05, 0) is 70.7 Å². The Balaban J connectivity index is 1.78. The van der Waals surface area contributed by atoms with Gasteiger partial charge < -0.3 is 5.32 Å². The quantitative estimate of drug-likeness (QED) is 0.695. The average molecular weight is 393 g/mol. The van der Waals surface area contributed by atoms with Crippen molar-refractivity contribution in [2.75, 3.05) is 5.32 Å². The fourth-order valence-corrected chi connectivity index (χ4v) is 3.31. The number of hydrogen-bond acceptors (Lipinski definition) is 4. The Kier molecular flexibility index (Phi) is 5.68. The summed E-state index contributed by atoms with van der Waals surface area (Å²) in [5.41, 5.74) is 6.84. The standard InChI is InChI=1S/C22H27N5O2/c1-12-8-7-9-19(13(12)2)24-20(28)11-10-18-16(5)26-27(17(18)6)22-23-15(4)14(3)21(29)25-22/h7-9H,10-11H2,1-6H3,(H,24,28)(H,23,25,29). The van der Waals surface area contributed by atoms with E-state index in [4.69, 9.17) is 0 Å². The lowest BCUT2D eigenvalue weighted by molar-refractivity contribution is -0.116. The molecule has 0 unspecified atom stereocenters. The predicted molar refractivity (Wildman–Crippen MR) is 114 cm³/mol. The summed E-state index contributed by atoms with van der Waals surface area (Å²) in [6.45, 7) is 11.4. The van der Waals surface area contributed by atoms with Crippen molar-refractivity contribution in [2.24, 2.45) is 0 Å². The van der Waals surface area contributed by atoms with E-state index >= 15 is 0 Å².